The molecule has 0 heterocycles. The van der Waals surface area contributed by atoms with Gasteiger partial charge in [-0.1, -0.05) is 17.7 Å². The van der Waals surface area contributed by atoms with Gasteiger partial charge in [-0.25, -0.2) is 0 Å². The van der Waals surface area contributed by atoms with Crippen LogP contribution in [-0.2, 0) is 11.3 Å². The largest absolute Gasteiger partial charge is 0.495 e. The second-order valence-electron chi connectivity index (χ2n) is 4.31. The first kappa shape index (κ1) is 15.1. The van der Waals surface area contributed by atoms with Crippen molar-refractivity contribution in [3.05, 3.63) is 28.8 Å². The molecule has 3 N–H and O–H groups in total. The summed E-state index contributed by atoms with van der Waals surface area (Å²) in [4.78, 5) is 11.6. The van der Waals surface area contributed by atoms with Crippen molar-refractivity contribution >= 4 is 29.9 Å². The van der Waals surface area contributed by atoms with Gasteiger partial charge in [0.1, 0.15) is 5.75 Å². The van der Waals surface area contributed by atoms with Gasteiger partial charge in [-0.05, 0) is 30.5 Å². The molecule has 1 aromatic rings. The number of hydrogen-bond donors (Lipinski definition) is 2. The number of rotatable bonds is 4. The van der Waals surface area contributed by atoms with Crippen LogP contribution in [0.15, 0.2) is 18.2 Å². The Hall–Kier alpha value is -0.970. The topological polar surface area (TPSA) is 64.3 Å². The SMILES string of the molecule is COc1ccc(CNC(=O)C2(N)CC2)cc1Cl.Cl. The van der Waals surface area contributed by atoms with Crippen LogP contribution in [0.4, 0.5) is 0 Å². The number of halogens is 2. The average molecular weight is 291 g/mol. The van der Waals surface area contributed by atoms with Crippen molar-refractivity contribution in [3.8, 4) is 5.75 Å². The molecule has 0 unspecified atom stereocenters. The maximum atomic E-state index is 11.6. The minimum Gasteiger partial charge on any atom is -0.495 e. The molecule has 2 rings (SSSR count). The predicted octanol–water partition coefficient (Wildman–Crippen LogP) is 1.88. The van der Waals surface area contributed by atoms with Gasteiger partial charge in [0.15, 0.2) is 0 Å². The minimum absolute atomic E-state index is 0. The maximum absolute atomic E-state index is 11.6. The van der Waals surface area contributed by atoms with Crippen LogP contribution < -0.4 is 15.8 Å². The summed E-state index contributed by atoms with van der Waals surface area (Å²) in [6.07, 6.45) is 1.53. The molecule has 1 aliphatic rings. The Morgan fingerprint density at radius 2 is 2.22 bits per heavy atom. The summed E-state index contributed by atoms with van der Waals surface area (Å²) in [6, 6.07) is 5.41. The Kier molecular flexibility index (Phi) is 4.85. The molecule has 1 aliphatic carbocycles. The molecule has 6 heteroatoms. The molecular weight excluding hydrogens is 275 g/mol. The maximum Gasteiger partial charge on any atom is 0.240 e. The Morgan fingerprint density at radius 3 is 2.72 bits per heavy atom. The van der Waals surface area contributed by atoms with Crippen LogP contribution in [0, 0.1) is 0 Å². The fourth-order valence-corrected chi connectivity index (χ4v) is 1.82. The molecule has 0 saturated heterocycles. The van der Waals surface area contributed by atoms with Crippen LogP contribution in [0.25, 0.3) is 0 Å². The summed E-state index contributed by atoms with van der Waals surface area (Å²) in [5.74, 6) is 0.531. The van der Waals surface area contributed by atoms with Crippen molar-refractivity contribution in [1.29, 1.82) is 0 Å². The number of carbonyl (C=O) groups is 1. The zero-order valence-corrected chi connectivity index (χ0v) is 11.6. The zero-order chi connectivity index (χ0) is 12.5. The van der Waals surface area contributed by atoms with Gasteiger partial charge in [0.05, 0.1) is 17.7 Å². The van der Waals surface area contributed by atoms with E-state index in [1.807, 2.05) is 6.07 Å². The van der Waals surface area contributed by atoms with E-state index in [9.17, 15) is 4.79 Å². The van der Waals surface area contributed by atoms with Gasteiger partial charge in [-0.2, -0.15) is 0 Å². The van der Waals surface area contributed by atoms with Crippen LogP contribution >= 0.6 is 24.0 Å². The smallest absolute Gasteiger partial charge is 0.240 e. The molecule has 0 radical (unpaired) electrons. The van der Waals surface area contributed by atoms with Crippen LogP contribution in [0.5, 0.6) is 5.75 Å². The van der Waals surface area contributed by atoms with E-state index >= 15 is 0 Å². The molecular formula is C12H16Cl2N2O2. The third kappa shape index (κ3) is 3.28. The molecule has 0 atom stereocenters. The van der Waals surface area contributed by atoms with Crippen LogP contribution in [-0.4, -0.2) is 18.6 Å². The van der Waals surface area contributed by atoms with Gasteiger partial charge < -0.3 is 15.8 Å². The quantitative estimate of drug-likeness (QED) is 0.890. The molecule has 0 bridgehead atoms. The number of nitrogens with one attached hydrogen (secondary N) is 1. The van der Waals surface area contributed by atoms with Gasteiger partial charge in [0.25, 0.3) is 0 Å². The predicted molar refractivity (Wildman–Crippen MR) is 73.3 cm³/mol. The summed E-state index contributed by atoms with van der Waals surface area (Å²) >= 11 is 5.98. The second-order valence-corrected chi connectivity index (χ2v) is 4.71. The lowest BCUT2D eigenvalue weighted by Crippen LogP contribution is -2.42. The van der Waals surface area contributed by atoms with Crippen molar-refractivity contribution < 1.29 is 9.53 Å². The lowest BCUT2D eigenvalue weighted by atomic mass is 10.2. The molecule has 18 heavy (non-hydrogen) atoms. The highest BCUT2D eigenvalue weighted by molar-refractivity contribution is 6.32. The Morgan fingerprint density at radius 1 is 1.56 bits per heavy atom. The monoisotopic (exact) mass is 290 g/mol. The Labute approximate surface area is 117 Å². The fourth-order valence-electron chi connectivity index (χ4n) is 1.54. The fraction of sp³-hybridized carbons (Fsp3) is 0.417. The summed E-state index contributed by atoms with van der Waals surface area (Å²) in [6.45, 7) is 0.432. The van der Waals surface area contributed by atoms with Crippen molar-refractivity contribution in [2.45, 2.75) is 24.9 Å². The van der Waals surface area contributed by atoms with E-state index in [0.29, 0.717) is 17.3 Å². The number of carbonyl (C=O) groups excluding carboxylic acids is 1. The summed E-state index contributed by atoms with van der Waals surface area (Å²) < 4.78 is 5.05. The van der Waals surface area contributed by atoms with Gasteiger partial charge in [0, 0.05) is 6.54 Å². The first-order valence-electron chi connectivity index (χ1n) is 5.45. The third-order valence-electron chi connectivity index (χ3n) is 2.91. The van der Waals surface area contributed by atoms with Crippen molar-refractivity contribution in [1.82, 2.24) is 5.32 Å². The molecule has 0 spiro atoms. The van der Waals surface area contributed by atoms with E-state index in [1.165, 1.54) is 0 Å². The van der Waals surface area contributed by atoms with Gasteiger partial charge in [-0.3, -0.25) is 4.79 Å². The highest BCUT2D eigenvalue weighted by Crippen LogP contribution is 2.32. The van der Waals surface area contributed by atoms with E-state index in [2.05, 4.69) is 5.32 Å². The van der Waals surface area contributed by atoms with E-state index < -0.39 is 5.54 Å². The average Bonchev–Trinajstić information content (AvgIpc) is 3.06. The lowest BCUT2D eigenvalue weighted by molar-refractivity contribution is -0.123. The number of methoxy groups -OCH3 is 1. The summed E-state index contributed by atoms with van der Waals surface area (Å²) in [5, 5.41) is 3.34. The third-order valence-corrected chi connectivity index (χ3v) is 3.21. The standard InChI is InChI=1S/C12H15ClN2O2.ClH/c1-17-10-3-2-8(6-9(10)13)7-15-11(16)12(14)4-5-12;/h2-3,6H,4-5,7,14H2,1H3,(H,15,16);1H. The van der Waals surface area contributed by atoms with Gasteiger partial charge in [-0.15, -0.1) is 12.4 Å². The highest BCUT2D eigenvalue weighted by atomic mass is 35.5. The van der Waals surface area contributed by atoms with Crippen LogP contribution in [0.3, 0.4) is 0 Å². The van der Waals surface area contributed by atoms with Crippen molar-refractivity contribution in [2.24, 2.45) is 5.73 Å². The van der Waals surface area contributed by atoms with E-state index in [-0.39, 0.29) is 18.3 Å². The van der Waals surface area contributed by atoms with Crippen molar-refractivity contribution in [3.63, 3.8) is 0 Å². The first-order chi connectivity index (χ1) is 8.05. The van der Waals surface area contributed by atoms with Crippen molar-refractivity contribution in [2.75, 3.05) is 7.11 Å². The number of amides is 1. The van der Waals surface area contributed by atoms with Gasteiger partial charge in [0.2, 0.25) is 5.91 Å². The highest BCUT2D eigenvalue weighted by Gasteiger charge is 2.45. The van der Waals surface area contributed by atoms with E-state index in [4.69, 9.17) is 22.1 Å². The first-order valence-corrected chi connectivity index (χ1v) is 5.82. The van der Waals surface area contributed by atoms with E-state index in [0.717, 1.165) is 18.4 Å². The molecule has 1 saturated carbocycles. The second kappa shape index (κ2) is 5.78. The number of hydrogen-bond acceptors (Lipinski definition) is 3. The van der Waals surface area contributed by atoms with E-state index in [1.54, 1.807) is 19.2 Å². The normalized spacial score (nSPS) is 15.5. The van der Waals surface area contributed by atoms with Crippen LogP contribution in [0.2, 0.25) is 5.02 Å². The minimum atomic E-state index is -0.629. The summed E-state index contributed by atoms with van der Waals surface area (Å²) in [7, 11) is 1.56. The number of ether oxygens (including phenoxy) is 1. The molecule has 1 aromatic carbocycles. The molecule has 100 valence electrons. The Balaban J connectivity index is 0.00000162. The molecule has 0 aromatic heterocycles. The zero-order valence-electron chi connectivity index (χ0n) is 10.0. The summed E-state index contributed by atoms with van der Waals surface area (Å²) in [5.41, 5.74) is 6.07. The molecule has 1 amide bonds. The molecule has 1 fully saturated rings. The molecule has 0 aliphatic heterocycles. The number of nitrogens with two attached hydrogens (primary N) is 1. The lowest BCUT2D eigenvalue weighted by Gasteiger charge is -2.11. The van der Waals surface area contributed by atoms with Gasteiger partial charge >= 0.3 is 0 Å². The Bertz CT molecular complexity index is 448. The number of benzene rings is 1. The molecule has 4 nitrogen and oxygen atoms in total. The van der Waals surface area contributed by atoms with Crippen LogP contribution in [0.1, 0.15) is 18.4 Å².